The van der Waals surface area contributed by atoms with E-state index in [4.69, 9.17) is 0 Å². The minimum atomic E-state index is -0.717. The molecular weight excluding hydrogens is 441 g/mol. The monoisotopic (exact) mass is 458 g/mol. The quantitative estimate of drug-likeness (QED) is 0.352. The Labute approximate surface area is 192 Å². The second kappa shape index (κ2) is 8.47. The lowest BCUT2D eigenvalue weighted by molar-refractivity contribution is -0.114. The van der Waals surface area contributed by atoms with Gasteiger partial charge in [-0.05, 0) is 59.7 Å². The largest absolute Gasteiger partial charge is 0.326 e. The summed E-state index contributed by atoms with van der Waals surface area (Å²) in [7, 11) is 0. The molecule has 0 unspecified atom stereocenters. The van der Waals surface area contributed by atoms with Crippen LogP contribution in [0.25, 0.3) is 39.0 Å². The fourth-order valence-electron chi connectivity index (χ4n) is 3.90. The number of hydrogen-bond donors (Lipinski definition) is 1. The third-order valence-corrected chi connectivity index (χ3v) is 5.39. The number of carbonyl (C=O) groups is 1. The molecule has 0 aliphatic rings. The molecule has 2 aromatic heterocycles. The number of rotatable bonds is 4. The molecule has 2 heterocycles. The van der Waals surface area contributed by atoms with Crippen LogP contribution in [0.5, 0.6) is 0 Å². The van der Waals surface area contributed by atoms with Gasteiger partial charge >= 0.3 is 0 Å². The van der Waals surface area contributed by atoms with Crippen molar-refractivity contribution in [3.8, 4) is 27.9 Å². The molecule has 0 spiro atoms. The summed E-state index contributed by atoms with van der Waals surface area (Å²) in [5.74, 6) is -2.12. The Kier molecular flexibility index (Phi) is 5.33. The van der Waals surface area contributed by atoms with Crippen molar-refractivity contribution in [3.63, 3.8) is 0 Å². The van der Waals surface area contributed by atoms with Gasteiger partial charge in [0, 0.05) is 41.7 Å². The van der Waals surface area contributed by atoms with Crippen molar-refractivity contribution in [2.24, 2.45) is 0 Å². The Morgan fingerprint density at radius 2 is 1.71 bits per heavy atom. The molecule has 0 aliphatic carbocycles. The number of benzene rings is 3. The maximum Gasteiger partial charge on any atom is 0.221 e. The molecular formula is C26H17F3N4O. The topological polar surface area (TPSA) is 59.8 Å². The van der Waals surface area contributed by atoms with Gasteiger partial charge in [-0.1, -0.05) is 6.07 Å². The highest BCUT2D eigenvalue weighted by atomic mass is 19.1. The van der Waals surface area contributed by atoms with Crippen LogP contribution in [0.3, 0.4) is 0 Å². The molecule has 168 valence electrons. The van der Waals surface area contributed by atoms with Crippen molar-refractivity contribution in [1.29, 1.82) is 0 Å². The molecule has 0 atom stereocenters. The maximum absolute atomic E-state index is 14.5. The highest BCUT2D eigenvalue weighted by Crippen LogP contribution is 2.32. The summed E-state index contributed by atoms with van der Waals surface area (Å²) in [4.78, 5) is 19.9. The Morgan fingerprint density at radius 1 is 0.882 bits per heavy atom. The molecule has 5 rings (SSSR count). The number of hydrogen-bond acceptors (Lipinski definition) is 3. The van der Waals surface area contributed by atoms with Crippen LogP contribution in [-0.4, -0.2) is 20.4 Å². The van der Waals surface area contributed by atoms with Gasteiger partial charge in [-0.25, -0.2) is 18.2 Å². The second-order valence-electron chi connectivity index (χ2n) is 7.75. The van der Waals surface area contributed by atoms with E-state index in [-0.39, 0.29) is 11.5 Å². The van der Waals surface area contributed by atoms with E-state index in [0.29, 0.717) is 33.6 Å². The van der Waals surface area contributed by atoms with Crippen molar-refractivity contribution in [2.75, 3.05) is 5.32 Å². The molecule has 3 aromatic carbocycles. The predicted octanol–water partition coefficient (Wildman–Crippen LogP) is 6.13. The van der Waals surface area contributed by atoms with E-state index >= 15 is 0 Å². The third kappa shape index (κ3) is 4.01. The van der Waals surface area contributed by atoms with Gasteiger partial charge in [-0.15, -0.1) is 0 Å². The van der Waals surface area contributed by atoms with Gasteiger partial charge in [-0.2, -0.15) is 0 Å². The standard InChI is InChI=1S/C26H17F3N4O/c1-15(34)32-19-8-17(21-4-3-18(27)11-23(21)28)9-20(12-19)33-14-31-25-10-16(2-5-26(25)33)22-6-7-30-13-24(22)29/h2-14H,1H3,(H,32,34). The van der Waals surface area contributed by atoms with E-state index in [9.17, 15) is 18.0 Å². The molecule has 5 aromatic rings. The number of nitrogens with zero attached hydrogens (tertiary/aromatic N) is 3. The molecule has 34 heavy (non-hydrogen) atoms. The number of nitrogens with one attached hydrogen (secondary N) is 1. The van der Waals surface area contributed by atoms with Gasteiger partial charge in [0.15, 0.2) is 0 Å². The third-order valence-electron chi connectivity index (χ3n) is 5.39. The molecule has 0 fully saturated rings. The van der Waals surface area contributed by atoms with Crippen LogP contribution in [0, 0.1) is 17.5 Å². The Morgan fingerprint density at radius 3 is 2.47 bits per heavy atom. The molecule has 8 heteroatoms. The molecule has 1 N–H and O–H groups in total. The number of aromatic nitrogens is 3. The molecule has 0 bridgehead atoms. The normalized spacial score (nSPS) is 11.1. The first-order valence-corrected chi connectivity index (χ1v) is 10.3. The van der Waals surface area contributed by atoms with Crippen molar-refractivity contribution in [2.45, 2.75) is 6.92 Å². The van der Waals surface area contributed by atoms with Crippen LogP contribution in [-0.2, 0) is 4.79 Å². The zero-order chi connectivity index (χ0) is 23.8. The fraction of sp³-hybridized carbons (Fsp3) is 0.0385. The first-order chi connectivity index (χ1) is 16.4. The molecule has 5 nitrogen and oxygen atoms in total. The van der Waals surface area contributed by atoms with Gasteiger partial charge in [0.05, 0.1) is 17.2 Å². The molecule has 0 radical (unpaired) electrons. The summed E-state index contributed by atoms with van der Waals surface area (Å²) in [6.07, 6.45) is 4.27. The molecule has 0 aliphatic heterocycles. The van der Waals surface area contributed by atoms with Crippen molar-refractivity contribution in [1.82, 2.24) is 14.5 Å². The zero-order valence-electron chi connectivity index (χ0n) is 17.9. The van der Waals surface area contributed by atoms with E-state index in [1.807, 2.05) is 0 Å². The van der Waals surface area contributed by atoms with E-state index in [1.165, 1.54) is 25.3 Å². The van der Waals surface area contributed by atoms with Crippen LogP contribution in [0.15, 0.2) is 79.4 Å². The van der Waals surface area contributed by atoms with Gasteiger partial charge in [0.25, 0.3) is 0 Å². The average molecular weight is 458 g/mol. The van der Waals surface area contributed by atoms with Crippen LogP contribution < -0.4 is 5.32 Å². The lowest BCUT2D eigenvalue weighted by Crippen LogP contribution is -2.07. The Hall–Kier alpha value is -4.46. The fourth-order valence-corrected chi connectivity index (χ4v) is 3.90. The molecule has 0 saturated heterocycles. The number of fused-ring (bicyclic) bond motifs is 1. The highest BCUT2D eigenvalue weighted by Gasteiger charge is 2.14. The van der Waals surface area contributed by atoms with E-state index in [1.54, 1.807) is 53.4 Å². The predicted molar refractivity (Wildman–Crippen MR) is 124 cm³/mol. The summed E-state index contributed by atoms with van der Waals surface area (Å²) < 4.78 is 43.9. The summed E-state index contributed by atoms with van der Waals surface area (Å²) in [6.45, 7) is 1.37. The average Bonchev–Trinajstić information content (AvgIpc) is 3.22. The lowest BCUT2D eigenvalue weighted by atomic mass is 10.0. The smallest absolute Gasteiger partial charge is 0.221 e. The number of halogens is 3. The number of anilines is 1. The SMILES string of the molecule is CC(=O)Nc1cc(-c2ccc(F)cc2F)cc(-n2cnc3cc(-c4ccncc4F)ccc32)c1. The van der Waals surface area contributed by atoms with Gasteiger partial charge in [-0.3, -0.25) is 14.3 Å². The number of amides is 1. The lowest BCUT2D eigenvalue weighted by Gasteiger charge is -2.13. The maximum atomic E-state index is 14.5. The molecule has 1 amide bonds. The van der Waals surface area contributed by atoms with E-state index < -0.39 is 17.5 Å². The number of carbonyl (C=O) groups excluding carboxylic acids is 1. The summed E-state index contributed by atoms with van der Waals surface area (Å²) in [5, 5.41) is 2.72. The highest BCUT2D eigenvalue weighted by molar-refractivity contribution is 5.91. The van der Waals surface area contributed by atoms with Crippen LogP contribution in [0.4, 0.5) is 18.9 Å². The molecule has 0 saturated carbocycles. The van der Waals surface area contributed by atoms with E-state index in [2.05, 4.69) is 15.3 Å². The van der Waals surface area contributed by atoms with Crippen LogP contribution in [0.2, 0.25) is 0 Å². The second-order valence-corrected chi connectivity index (χ2v) is 7.75. The van der Waals surface area contributed by atoms with E-state index in [0.717, 1.165) is 17.8 Å². The zero-order valence-corrected chi connectivity index (χ0v) is 17.9. The van der Waals surface area contributed by atoms with Crippen molar-refractivity contribution >= 4 is 22.6 Å². The first kappa shape index (κ1) is 21.4. The number of pyridine rings is 1. The van der Waals surface area contributed by atoms with Gasteiger partial charge < -0.3 is 5.32 Å². The summed E-state index contributed by atoms with van der Waals surface area (Å²) >= 11 is 0. The Balaban J connectivity index is 1.64. The van der Waals surface area contributed by atoms with Crippen molar-refractivity contribution in [3.05, 3.63) is 96.8 Å². The minimum absolute atomic E-state index is 0.190. The van der Waals surface area contributed by atoms with Gasteiger partial charge in [0.1, 0.15) is 23.8 Å². The number of imidazole rings is 1. The first-order valence-electron chi connectivity index (χ1n) is 10.3. The minimum Gasteiger partial charge on any atom is -0.326 e. The van der Waals surface area contributed by atoms with Crippen LogP contribution in [0.1, 0.15) is 6.92 Å². The Bertz CT molecular complexity index is 1560. The summed E-state index contributed by atoms with van der Waals surface area (Å²) in [5.41, 5.74) is 4.10. The van der Waals surface area contributed by atoms with Crippen molar-refractivity contribution < 1.29 is 18.0 Å². The summed E-state index contributed by atoms with van der Waals surface area (Å²) in [6, 6.07) is 15.3. The van der Waals surface area contributed by atoms with Gasteiger partial charge in [0.2, 0.25) is 5.91 Å². The van der Waals surface area contributed by atoms with Crippen LogP contribution >= 0.6 is 0 Å².